The minimum atomic E-state index is -1.13. The summed E-state index contributed by atoms with van der Waals surface area (Å²) in [5.74, 6) is -4.43. The summed E-state index contributed by atoms with van der Waals surface area (Å²) in [6, 6.07) is 9.62. The van der Waals surface area contributed by atoms with E-state index in [-0.39, 0.29) is 31.6 Å². The third-order valence-corrected chi connectivity index (χ3v) is 10.0. The van der Waals surface area contributed by atoms with Crippen LogP contribution >= 0.6 is 0 Å². The fourth-order valence-corrected chi connectivity index (χ4v) is 6.38. The topological polar surface area (TPSA) is 327 Å². The van der Waals surface area contributed by atoms with Crippen molar-refractivity contribution in [3.8, 4) is 0 Å². The maximum atomic E-state index is 13.0. The highest BCUT2D eigenvalue weighted by Gasteiger charge is 2.30. The van der Waals surface area contributed by atoms with Gasteiger partial charge in [0.05, 0.1) is 12.1 Å². The molecule has 18 nitrogen and oxygen atoms in total. The minimum Gasteiger partial charge on any atom is -0.480 e. The molecule has 4 rings (SSSR count). The number of aromatic nitrogens is 2. The molecule has 0 bridgehead atoms. The number of carboxylic acid groups (broad SMARTS) is 2. The van der Waals surface area contributed by atoms with E-state index in [1.54, 1.807) is 12.4 Å². The van der Waals surface area contributed by atoms with Crippen molar-refractivity contribution >= 4 is 57.4 Å². The number of carbonyl (C=O) groups excluding carboxylic acids is 4. The van der Waals surface area contributed by atoms with Crippen LogP contribution in [0.15, 0.2) is 60.9 Å². The summed E-state index contributed by atoms with van der Waals surface area (Å²) in [6.07, 6.45) is 6.97. The molecule has 4 amide bonds. The second kappa shape index (κ2) is 24.3. The van der Waals surface area contributed by atoms with E-state index in [1.165, 1.54) is 6.92 Å². The highest BCUT2D eigenvalue weighted by Crippen LogP contribution is 2.21. The van der Waals surface area contributed by atoms with Crippen LogP contribution in [0.4, 0.5) is 0 Å². The molecular weight excluding hydrogens is 773 g/mol. The summed E-state index contributed by atoms with van der Waals surface area (Å²) >= 11 is 0. The summed E-state index contributed by atoms with van der Waals surface area (Å²) < 4.78 is 0. The zero-order valence-electron chi connectivity index (χ0n) is 34.5. The van der Waals surface area contributed by atoms with Crippen molar-refractivity contribution in [1.29, 1.82) is 0 Å². The molecular formula is C42H62N10O8. The Morgan fingerprint density at radius 1 is 0.567 bits per heavy atom. The molecule has 0 aliphatic carbocycles. The predicted octanol–water partition coefficient (Wildman–Crippen LogP) is 1.12. The van der Waals surface area contributed by atoms with E-state index in [2.05, 4.69) is 31.2 Å². The van der Waals surface area contributed by atoms with E-state index in [1.807, 2.05) is 62.4 Å². The highest BCUT2D eigenvalue weighted by atomic mass is 16.4. The fraction of sp³-hybridized carbons (Fsp3) is 0.476. The number of rotatable bonds is 23. The molecule has 6 atom stereocenters. The average molecular weight is 835 g/mol. The van der Waals surface area contributed by atoms with Crippen molar-refractivity contribution in [2.75, 3.05) is 13.1 Å². The van der Waals surface area contributed by atoms with Crippen molar-refractivity contribution in [3.05, 3.63) is 72.1 Å². The van der Waals surface area contributed by atoms with E-state index in [0.717, 1.165) is 32.9 Å². The monoisotopic (exact) mass is 834 g/mol. The van der Waals surface area contributed by atoms with E-state index >= 15 is 0 Å². The maximum Gasteiger partial charge on any atom is 0.326 e. The lowest BCUT2D eigenvalue weighted by Crippen LogP contribution is -2.56. The van der Waals surface area contributed by atoms with Crippen LogP contribution in [0.25, 0.3) is 21.8 Å². The molecule has 0 saturated carbocycles. The standard InChI is InChI=1S/C22H33N5O4.C20H29N5O4/c1-13(2)19(24)21(29)27-18(11-14-12-25-16-8-4-3-7-15(14)16)20(28)26-17(22(30)31)9-5-6-10-23;1-12(22)18(26)25-17(10-13-11-23-15-7-3-2-6-14(13)15)19(27)24-16(20(28)29)8-4-5-9-21/h3-4,7-8,12-13,17-19,25H,5-6,9-11,23-24H2,1-2H3,(H,26,28)(H,27,29)(H,30,31);2-3,6-7,11-12,16-17,23H,4-5,8-10,21-22H2,1H3,(H,24,27)(H,25,26)(H,28,29). The molecule has 0 fully saturated rings. The number of para-hydroxylation sites is 2. The molecule has 6 unspecified atom stereocenters. The van der Waals surface area contributed by atoms with Gasteiger partial charge in [-0.2, -0.15) is 0 Å². The Labute approximate surface area is 349 Å². The second-order valence-electron chi connectivity index (χ2n) is 15.2. The zero-order valence-corrected chi connectivity index (χ0v) is 34.5. The summed E-state index contributed by atoms with van der Waals surface area (Å²) in [6.45, 7) is 6.05. The lowest BCUT2D eigenvalue weighted by atomic mass is 10.0. The van der Waals surface area contributed by atoms with Crippen molar-refractivity contribution in [2.24, 2.45) is 28.9 Å². The highest BCUT2D eigenvalue weighted by molar-refractivity contribution is 5.94. The first-order valence-corrected chi connectivity index (χ1v) is 20.3. The smallest absolute Gasteiger partial charge is 0.326 e. The summed E-state index contributed by atoms with van der Waals surface area (Å²) in [5.41, 5.74) is 26.0. The van der Waals surface area contributed by atoms with Gasteiger partial charge in [-0.25, -0.2) is 9.59 Å². The van der Waals surface area contributed by atoms with Crippen LogP contribution in [0.5, 0.6) is 0 Å². The SMILES string of the molecule is CC(C)C(N)C(=O)NC(Cc1c[nH]c2ccccc12)C(=O)NC(CCCCN)C(=O)O.CC(N)C(=O)NC(Cc1c[nH]c2ccccc12)C(=O)NC(CCCCN)C(=O)O. The number of carbonyl (C=O) groups is 6. The van der Waals surface area contributed by atoms with Crippen molar-refractivity contribution in [1.82, 2.24) is 31.2 Å². The lowest BCUT2D eigenvalue weighted by molar-refractivity contribution is -0.143. The van der Waals surface area contributed by atoms with Gasteiger partial charge in [0.15, 0.2) is 0 Å². The normalized spacial score (nSPS) is 14.2. The third kappa shape index (κ3) is 14.8. The molecule has 18 heteroatoms. The Morgan fingerprint density at radius 3 is 1.32 bits per heavy atom. The molecule has 4 aromatic rings. The van der Waals surface area contributed by atoms with E-state index < -0.39 is 71.8 Å². The number of fused-ring (bicyclic) bond motifs is 2. The van der Waals surface area contributed by atoms with Crippen LogP contribution in [0.2, 0.25) is 0 Å². The maximum absolute atomic E-state index is 13.0. The van der Waals surface area contributed by atoms with Crippen LogP contribution in [0.3, 0.4) is 0 Å². The molecule has 0 radical (unpaired) electrons. The molecule has 2 aromatic heterocycles. The Kier molecular flexibility index (Phi) is 19.7. The number of carboxylic acids is 2. The van der Waals surface area contributed by atoms with Crippen LogP contribution in [0.1, 0.15) is 70.4 Å². The van der Waals surface area contributed by atoms with Crippen LogP contribution in [-0.2, 0) is 41.6 Å². The molecule has 0 aliphatic rings. The Morgan fingerprint density at radius 2 is 0.950 bits per heavy atom. The Bertz CT molecular complexity index is 2030. The molecule has 0 aliphatic heterocycles. The number of hydrogen-bond acceptors (Lipinski definition) is 10. The summed E-state index contributed by atoms with van der Waals surface area (Å²) in [7, 11) is 0. The van der Waals surface area contributed by atoms with Gasteiger partial charge >= 0.3 is 11.9 Å². The van der Waals surface area contributed by atoms with Gasteiger partial charge in [-0.1, -0.05) is 50.2 Å². The molecule has 328 valence electrons. The average Bonchev–Trinajstić information content (AvgIpc) is 3.82. The van der Waals surface area contributed by atoms with E-state index in [9.17, 15) is 39.0 Å². The van der Waals surface area contributed by atoms with Gasteiger partial charge in [-0.15, -0.1) is 0 Å². The Balaban J connectivity index is 0.000000321. The fourth-order valence-electron chi connectivity index (χ4n) is 6.38. The molecule has 0 saturated heterocycles. The number of nitrogens with one attached hydrogen (secondary N) is 6. The van der Waals surface area contributed by atoms with Gasteiger partial charge in [0.2, 0.25) is 23.6 Å². The largest absolute Gasteiger partial charge is 0.480 e. The summed E-state index contributed by atoms with van der Waals surface area (Å²) in [5, 5.41) is 31.2. The van der Waals surface area contributed by atoms with Gasteiger partial charge in [0.25, 0.3) is 0 Å². The Hall–Kier alpha value is -5.82. The van der Waals surface area contributed by atoms with Crippen LogP contribution in [-0.4, -0.2) is 105 Å². The first-order chi connectivity index (χ1) is 28.6. The second-order valence-corrected chi connectivity index (χ2v) is 15.2. The number of aromatic amines is 2. The number of unbranched alkanes of at least 4 members (excludes halogenated alkanes) is 2. The van der Waals surface area contributed by atoms with Crippen molar-refractivity contribution < 1.29 is 39.0 Å². The van der Waals surface area contributed by atoms with Gasteiger partial charge < -0.3 is 64.4 Å². The summed E-state index contributed by atoms with van der Waals surface area (Å²) in [4.78, 5) is 79.9. The number of H-pyrrole nitrogens is 2. The number of hydrogen-bond donors (Lipinski definition) is 12. The molecule has 0 spiro atoms. The van der Waals surface area contributed by atoms with E-state index in [4.69, 9.17) is 22.9 Å². The van der Waals surface area contributed by atoms with Crippen molar-refractivity contribution in [3.63, 3.8) is 0 Å². The first-order valence-electron chi connectivity index (χ1n) is 20.3. The van der Waals surface area contributed by atoms with Gasteiger partial charge in [-0.3, -0.25) is 19.2 Å². The van der Waals surface area contributed by atoms with E-state index in [0.29, 0.717) is 38.8 Å². The third-order valence-electron chi connectivity index (χ3n) is 10.0. The van der Waals surface area contributed by atoms with Crippen LogP contribution < -0.4 is 44.2 Å². The minimum absolute atomic E-state index is 0.111. The molecule has 60 heavy (non-hydrogen) atoms. The molecule has 16 N–H and O–H groups in total. The predicted molar refractivity (Wildman–Crippen MR) is 229 cm³/mol. The number of nitrogens with two attached hydrogens (primary N) is 4. The lowest BCUT2D eigenvalue weighted by Gasteiger charge is -2.24. The number of aliphatic carboxylic acids is 2. The van der Waals surface area contributed by atoms with Crippen molar-refractivity contribution in [2.45, 2.75) is 108 Å². The van der Waals surface area contributed by atoms with Crippen LogP contribution in [0, 0.1) is 5.92 Å². The molecule has 2 heterocycles. The zero-order chi connectivity index (χ0) is 44.4. The first kappa shape index (κ1) is 48.5. The van der Waals surface area contributed by atoms with Gasteiger partial charge in [-0.05, 0) is 87.7 Å². The quantitative estimate of drug-likeness (QED) is 0.0468. The molecule has 2 aromatic carbocycles. The number of benzene rings is 2. The van der Waals surface area contributed by atoms with Gasteiger partial charge in [0.1, 0.15) is 24.2 Å². The van der Waals surface area contributed by atoms with Gasteiger partial charge in [0, 0.05) is 47.0 Å². The number of amides is 4.